The summed E-state index contributed by atoms with van der Waals surface area (Å²) in [6.07, 6.45) is -1.29. The van der Waals surface area contributed by atoms with Crippen LogP contribution in [-0.2, 0) is 14.3 Å². The van der Waals surface area contributed by atoms with Gasteiger partial charge in [0.25, 0.3) is 0 Å². The number of hydrogen-bond acceptors (Lipinski definition) is 7. The van der Waals surface area contributed by atoms with Crippen molar-refractivity contribution in [3.63, 3.8) is 0 Å². The Kier molecular flexibility index (Phi) is 3.87. The van der Waals surface area contributed by atoms with Crippen LogP contribution < -0.4 is 0 Å². The van der Waals surface area contributed by atoms with Crippen LogP contribution in [0.5, 0.6) is 0 Å². The van der Waals surface area contributed by atoms with Crippen LogP contribution in [0.2, 0.25) is 0 Å². The Labute approximate surface area is 170 Å². The molecular weight excluding hydrogens is 376 g/mol. The van der Waals surface area contributed by atoms with Gasteiger partial charge in [0.1, 0.15) is 0 Å². The lowest BCUT2D eigenvalue weighted by Crippen LogP contribution is -2.85. The van der Waals surface area contributed by atoms with E-state index < -0.39 is 52.4 Å². The third kappa shape index (κ3) is 1.91. The average Bonchev–Trinajstić information content (AvgIpc) is 2.75. The van der Waals surface area contributed by atoms with Crippen molar-refractivity contribution < 1.29 is 34.7 Å². The van der Waals surface area contributed by atoms with Gasteiger partial charge in [-0.1, -0.05) is 20.4 Å². The van der Waals surface area contributed by atoms with E-state index in [1.54, 1.807) is 0 Å². The summed E-state index contributed by atoms with van der Waals surface area (Å²) in [5.41, 5.74) is -2.03. The summed E-state index contributed by atoms with van der Waals surface area (Å²) in [6.45, 7) is 9.46. The van der Waals surface area contributed by atoms with E-state index in [0.29, 0.717) is 24.8 Å². The van der Waals surface area contributed by atoms with Gasteiger partial charge in [-0.05, 0) is 42.6 Å². The molecule has 6 rings (SSSR count). The van der Waals surface area contributed by atoms with E-state index in [4.69, 9.17) is 9.47 Å². The minimum absolute atomic E-state index is 0.224. The molecular formula is C22H32O7. The van der Waals surface area contributed by atoms with Crippen LogP contribution in [0, 0.1) is 34.0 Å². The number of hydrogen-bond donors (Lipinski definition) is 4. The van der Waals surface area contributed by atoms with Crippen molar-refractivity contribution in [2.75, 3.05) is 6.61 Å². The van der Waals surface area contributed by atoms with Crippen LogP contribution in [0.25, 0.3) is 0 Å². The molecule has 0 amide bonds. The van der Waals surface area contributed by atoms with E-state index in [-0.39, 0.29) is 24.4 Å². The van der Waals surface area contributed by atoms with E-state index in [1.165, 1.54) is 6.92 Å². The van der Waals surface area contributed by atoms with Crippen molar-refractivity contribution >= 4 is 5.97 Å². The van der Waals surface area contributed by atoms with Crippen molar-refractivity contribution in [3.8, 4) is 0 Å². The van der Waals surface area contributed by atoms with E-state index in [2.05, 4.69) is 6.58 Å². The Bertz CT molecular complexity index is 775. The molecule has 162 valence electrons. The largest absolute Gasteiger partial charge is 0.456 e. The van der Waals surface area contributed by atoms with Gasteiger partial charge in [-0.3, -0.25) is 4.79 Å². The maximum atomic E-state index is 12.1. The monoisotopic (exact) mass is 408 g/mol. The molecule has 2 aliphatic heterocycles. The van der Waals surface area contributed by atoms with E-state index >= 15 is 0 Å². The van der Waals surface area contributed by atoms with Gasteiger partial charge in [-0.15, -0.1) is 0 Å². The number of carbonyl (C=O) groups excluding carboxylic acids is 1. The zero-order valence-corrected chi connectivity index (χ0v) is 17.3. The Hall–Kier alpha value is -0.990. The lowest BCUT2D eigenvalue weighted by atomic mass is 9.35. The molecule has 2 heterocycles. The zero-order valence-electron chi connectivity index (χ0n) is 17.3. The van der Waals surface area contributed by atoms with Crippen LogP contribution in [-0.4, -0.2) is 63.2 Å². The summed E-state index contributed by atoms with van der Waals surface area (Å²) < 4.78 is 11.8. The maximum Gasteiger partial charge on any atom is 0.303 e. The normalized spacial score (nSPS) is 57.2. The highest BCUT2D eigenvalue weighted by Gasteiger charge is 2.86. The standard InChI is InChI=1S/C22H32O7/c1-10-12-5-6-13-20-8-7-14(24)19(3,4)15(20)18(29-11(2)23)22(27,28-9-20)21(13,16(10)25)17(12)26/h12-18,24-27H,1,5-9H2,2-4H3. The first-order valence-corrected chi connectivity index (χ1v) is 10.7. The van der Waals surface area contributed by atoms with Crippen LogP contribution in [0.1, 0.15) is 46.5 Å². The second-order valence-corrected chi connectivity index (χ2v) is 10.7. The van der Waals surface area contributed by atoms with Crippen LogP contribution in [0.15, 0.2) is 12.2 Å². The second kappa shape index (κ2) is 5.62. The third-order valence-electron chi connectivity index (χ3n) is 9.51. The minimum Gasteiger partial charge on any atom is -0.456 e. The Balaban J connectivity index is 1.78. The average molecular weight is 408 g/mol. The molecule has 6 aliphatic rings. The summed E-state index contributed by atoms with van der Waals surface area (Å²) in [4.78, 5) is 12.1. The fourth-order valence-corrected chi connectivity index (χ4v) is 8.43. The molecule has 10 unspecified atom stereocenters. The fourth-order valence-electron chi connectivity index (χ4n) is 8.43. The van der Waals surface area contributed by atoms with E-state index in [1.807, 2.05) is 13.8 Å². The highest BCUT2D eigenvalue weighted by Crippen LogP contribution is 2.77. The minimum atomic E-state index is -2.05. The fraction of sp³-hybridized carbons (Fsp3) is 0.864. The highest BCUT2D eigenvalue weighted by atomic mass is 16.7. The first kappa shape index (κ1) is 19.9. The maximum absolute atomic E-state index is 12.1. The van der Waals surface area contributed by atoms with Crippen molar-refractivity contribution in [2.24, 2.45) is 34.0 Å². The van der Waals surface area contributed by atoms with Crippen molar-refractivity contribution in [3.05, 3.63) is 12.2 Å². The van der Waals surface area contributed by atoms with Gasteiger partial charge in [0, 0.05) is 24.2 Å². The lowest BCUT2D eigenvalue weighted by Gasteiger charge is -2.75. The Morgan fingerprint density at radius 2 is 1.90 bits per heavy atom. The summed E-state index contributed by atoms with van der Waals surface area (Å²) in [7, 11) is 0. The Morgan fingerprint density at radius 1 is 1.21 bits per heavy atom. The quantitative estimate of drug-likeness (QED) is 0.373. The molecule has 0 aromatic rings. The summed E-state index contributed by atoms with van der Waals surface area (Å²) in [5, 5.41) is 45.6. The number of rotatable bonds is 1. The van der Waals surface area contributed by atoms with Crippen LogP contribution in [0.3, 0.4) is 0 Å². The SMILES string of the molecule is C=C1C2CCC3C45CCC(O)C(C)(C)C4C(OC(C)=O)C(O)(OC5)C3(C1O)C2O. The molecule has 7 heteroatoms. The molecule has 4 aliphatic carbocycles. The van der Waals surface area contributed by atoms with Gasteiger partial charge in [0.05, 0.1) is 30.3 Å². The van der Waals surface area contributed by atoms with Crippen molar-refractivity contribution in [1.29, 1.82) is 0 Å². The summed E-state index contributed by atoms with van der Waals surface area (Å²) >= 11 is 0. The van der Waals surface area contributed by atoms with Gasteiger partial charge in [-0.25, -0.2) is 0 Å². The molecule has 4 bridgehead atoms. The van der Waals surface area contributed by atoms with Gasteiger partial charge in [-0.2, -0.15) is 0 Å². The van der Waals surface area contributed by atoms with Gasteiger partial charge in [0.15, 0.2) is 6.10 Å². The molecule has 10 atom stereocenters. The Morgan fingerprint density at radius 3 is 2.55 bits per heavy atom. The van der Waals surface area contributed by atoms with Crippen LogP contribution in [0.4, 0.5) is 0 Å². The highest BCUT2D eigenvalue weighted by molar-refractivity contribution is 5.66. The van der Waals surface area contributed by atoms with Crippen molar-refractivity contribution in [1.82, 2.24) is 0 Å². The zero-order chi connectivity index (χ0) is 21.1. The van der Waals surface area contributed by atoms with Crippen LogP contribution >= 0.6 is 0 Å². The smallest absolute Gasteiger partial charge is 0.303 e. The molecule has 4 saturated carbocycles. The predicted octanol–water partition coefficient (Wildman–Crippen LogP) is 0.738. The summed E-state index contributed by atoms with van der Waals surface area (Å²) in [5.74, 6) is -3.52. The summed E-state index contributed by atoms with van der Waals surface area (Å²) in [6, 6.07) is 0. The first-order chi connectivity index (χ1) is 13.5. The second-order valence-electron chi connectivity index (χ2n) is 10.7. The lowest BCUT2D eigenvalue weighted by molar-refractivity contribution is -0.470. The third-order valence-corrected chi connectivity index (χ3v) is 9.51. The molecule has 0 aromatic carbocycles. The molecule has 0 radical (unpaired) electrons. The number of aliphatic hydroxyl groups excluding tert-OH is 3. The molecule has 6 fully saturated rings. The predicted molar refractivity (Wildman–Crippen MR) is 101 cm³/mol. The molecule has 4 N–H and O–H groups in total. The topological polar surface area (TPSA) is 116 Å². The van der Waals surface area contributed by atoms with E-state index in [0.717, 1.165) is 6.42 Å². The number of esters is 1. The van der Waals surface area contributed by atoms with Gasteiger partial charge >= 0.3 is 5.97 Å². The number of fused-ring (bicyclic) bond motifs is 2. The number of carbonyl (C=O) groups is 1. The molecule has 0 aromatic heterocycles. The molecule has 7 nitrogen and oxygen atoms in total. The van der Waals surface area contributed by atoms with Gasteiger partial charge < -0.3 is 29.9 Å². The molecule has 2 spiro atoms. The molecule has 29 heavy (non-hydrogen) atoms. The van der Waals surface area contributed by atoms with Gasteiger partial charge in [0.2, 0.25) is 5.79 Å². The molecule has 2 saturated heterocycles. The number of ether oxygens (including phenoxy) is 2. The first-order valence-electron chi connectivity index (χ1n) is 10.7. The van der Waals surface area contributed by atoms with E-state index in [9.17, 15) is 25.2 Å². The number of aliphatic hydroxyl groups is 4. The van der Waals surface area contributed by atoms with Crippen molar-refractivity contribution in [2.45, 2.75) is 76.7 Å².